The van der Waals surface area contributed by atoms with Gasteiger partial charge in [0.25, 0.3) is 0 Å². The third kappa shape index (κ3) is 1.37. The maximum absolute atomic E-state index is 5.74. The molecular weight excluding hydrogens is 174 g/mol. The maximum atomic E-state index is 5.74. The molecule has 0 aliphatic carbocycles. The van der Waals surface area contributed by atoms with Crippen molar-refractivity contribution >= 4 is 22.2 Å². The number of anilines is 2. The molecule has 1 aromatic heterocycles. The number of nitrogen functional groups attached to an aromatic ring is 1. The fourth-order valence-electron chi connectivity index (χ4n) is 1.25. The lowest BCUT2D eigenvalue weighted by atomic mass is 10.4. The molecule has 0 unspecified atom stereocenters. The van der Waals surface area contributed by atoms with Crippen LogP contribution in [0.25, 0.3) is 0 Å². The van der Waals surface area contributed by atoms with Crippen LogP contribution in [0.15, 0.2) is 6.20 Å². The van der Waals surface area contributed by atoms with E-state index in [9.17, 15) is 0 Å². The summed E-state index contributed by atoms with van der Waals surface area (Å²) in [5.74, 6) is 0. The van der Waals surface area contributed by atoms with E-state index in [4.69, 9.17) is 10.5 Å². The van der Waals surface area contributed by atoms with E-state index in [-0.39, 0.29) is 0 Å². The standard InChI is InChI=1S/C7H11N3OS/c8-6-5-9-12-7(6)10-1-3-11-4-2-10/h5H,1-4,8H2. The fourth-order valence-corrected chi connectivity index (χ4v) is 1.97. The highest BCUT2D eigenvalue weighted by molar-refractivity contribution is 7.10. The first kappa shape index (κ1) is 7.82. The van der Waals surface area contributed by atoms with Crippen LogP contribution in [0.4, 0.5) is 10.7 Å². The van der Waals surface area contributed by atoms with E-state index >= 15 is 0 Å². The van der Waals surface area contributed by atoms with Crippen molar-refractivity contribution < 1.29 is 4.74 Å². The van der Waals surface area contributed by atoms with Crippen molar-refractivity contribution in [1.82, 2.24) is 4.37 Å². The summed E-state index contributed by atoms with van der Waals surface area (Å²) in [6, 6.07) is 0. The minimum absolute atomic E-state index is 0.780. The molecule has 4 nitrogen and oxygen atoms in total. The Morgan fingerprint density at radius 2 is 2.25 bits per heavy atom. The second-order valence-electron chi connectivity index (χ2n) is 2.69. The molecule has 2 heterocycles. The van der Waals surface area contributed by atoms with E-state index in [0.717, 1.165) is 37.0 Å². The number of rotatable bonds is 1. The topological polar surface area (TPSA) is 51.4 Å². The first-order chi connectivity index (χ1) is 5.88. The van der Waals surface area contributed by atoms with Gasteiger partial charge < -0.3 is 15.4 Å². The van der Waals surface area contributed by atoms with Crippen LogP contribution in [0, 0.1) is 0 Å². The van der Waals surface area contributed by atoms with Gasteiger partial charge in [0.1, 0.15) is 5.00 Å². The molecule has 0 bridgehead atoms. The third-order valence-corrected chi connectivity index (χ3v) is 2.75. The molecule has 1 fully saturated rings. The van der Waals surface area contributed by atoms with Gasteiger partial charge >= 0.3 is 0 Å². The molecule has 12 heavy (non-hydrogen) atoms. The molecule has 0 amide bonds. The van der Waals surface area contributed by atoms with Gasteiger partial charge in [-0.05, 0) is 11.5 Å². The quantitative estimate of drug-likeness (QED) is 0.694. The summed E-state index contributed by atoms with van der Waals surface area (Å²) in [5, 5.41) is 1.08. The summed E-state index contributed by atoms with van der Waals surface area (Å²) in [4.78, 5) is 2.22. The van der Waals surface area contributed by atoms with E-state index in [1.54, 1.807) is 6.20 Å². The summed E-state index contributed by atoms with van der Waals surface area (Å²) in [7, 11) is 0. The highest BCUT2D eigenvalue weighted by Gasteiger charge is 2.14. The predicted octanol–water partition coefficient (Wildman–Crippen LogP) is 0.562. The second kappa shape index (κ2) is 3.28. The van der Waals surface area contributed by atoms with Crippen molar-refractivity contribution in [2.24, 2.45) is 0 Å². The van der Waals surface area contributed by atoms with Crippen molar-refractivity contribution in [2.75, 3.05) is 36.9 Å². The van der Waals surface area contributed by atoms with Crippen molar-refractivity contribution in [3.63, 3.8) is 0 Å². The van der Waals surface area contributed by atoms with Crippen molar-refractivity contribution in [3.05, 3.63) is 6.20 Å². The van der Waals surface area contributed by atoms with Gasteiger partial charge in [-0.1, -0.05) is 0 Å². The molecule has 0 spiro atoms. The fraction of sp³-hybridized carbons (Fsp3) is 0.571. The molecule has 5 heteroatoms. The van der Waals surface area contributed by atoms with Crippen LogP contribution in [0.5, 0.6) is 0 Å². The van der Waals surface area contributed by atoms with Crippen molar-refractivity contribution in [2.45, 2.75) is 0 Å². The Bertz CT molecular complexity index is 257. The number of nitrogens with zero attached hydrogens (tertiary/aromatic N) is 2. The monoisotopic (exact) mass is 185 g/mol. The Hall–Kier alpha value is -0.810. The van der Waals surface area contributed by atoms with Gasteiger partial charge in [-0.2, -0.15) is 4.37 Å². The average Bonchev–Trinajstić information content (AvgIpc) is 2.53. The van der Waals surface area contributed by atoms with Gasteiger partial charge in [0, 0.05) is 13.1 Å². The SMILES string of the molecule is Nc1cnsc1N1CCOCC1. The van der Waals surface area contributed by atoms with E-state index < -0.39 is 0 Å². The summed E-state index contributed by atoms with van der Waals surface area (Å²) in [5.41, 5.74) is 6.52. The normalized spacial score (nSPS) is 18.2. The summed E-state index contributed by atoms with van der Waals surface area (Å²) < 4.78 is 9.27. The minimum atomic E-state index is 0.780. The molecule has 1 aliphatic heterocycles. The molecule has 0 saturated carbocycles. The molecule has 0 radical (unpaired) electrons. The zero-order valence-corrected chi connectivity index (χ0v) is 7.51. The molecule has 2 rings (SSSR count). The number of morpholine rings is 1. The van der Waals surface area contributed by atoms with Gasteiger partial charge in [0.05, 0.1) is 25.1 Å². The lowest BCUT2D eigenvalue weighted by molar-refractivity contribution is 0.123. The zero-order chi connectivity index (χ0) is 8.39. The molecule has 1 saturated heterocycles. The number of aromatic nitrogens is 1. The second-order valence-corrected chi connectivity index (χ2v) is 3.47. The summed E-state index contributed by atoms with van der Waals surface area (Å²) >= 11 is 1.45. The van der Waals surface area contributed by atoms with E-state index in [2.05, 4.69) is 9.27 Å². The van der Waals surface area contributed by atoms with Crippen LogP contribution in [0.1, 0.15) is 0 Å². The van der Waals surface area contributed by atoms with Crippen LogP contribution in [0.2, 0.25) is 0 Å². The lowest BCUT2D eigenvalue weighted by Gasteiger charge is -2.27. The Balaban J connectivity index is 2.13. The Morgan fingerprint density at radius 3 is 2.83 bits per heavy atom. The van der Waals surface area contributed by atoms with Crippen LogP contribution < -0.4 is 10.6 Å². The van der Waals surface area contributed by atoms with E-state index in [1.807, 2.05) is 0 Å². The minimum Gasteiger partial charge on any atom is -0.395 e. The molecule has 66 valence electrons. The largest absolute Gasteiger partial charge is 0.395 e. The van der Waals surface area contributed by atoms with Crippen molar-refractivity contribution in [3.8, 4) is 0 Å². The first-order valence-electron chi connectivity index (χ1n) is 3.91. The van der Waals surface area contributed by atoms with Crippen LogP contribution in [-0.4, -0.2) is 30.7 Å². The summed E-state index contributed by atoms with van der Waals surface area (Å²) in [6.07, 6.45) is 1.70. The van der Waals surface area contributed by atoms with E-state index in [0.29, 0.717) is 0 Å². The maximum Gasteiger partial charge on any atom is 0.135 e. The molecule has 2 N–H and O–H groups in total. The van der Waals surface area contributed by atoms with E-state index in [1.165, 1.54) is 11.5 Å². The van der Waals surface area contributed by atoms with Gasteiger partial charge in [-0.15, -0.1) is 0 Å². The smallest absolute Gasteiger partial charge is 0.135 e. The molecule has 0 atom stereocenters. The summed E-state index contributed by atoms with van der Waals surface area (Å²) in [6.45, 7) is 3.42. The predicted molar refractivity (Wildman–Crippen MR) is 49.6 cm³/mol. The molecular formula is C7H11N3OS. The Morgan fingerprint density at radius 1 is 1.50 bits per heavy atom. The zero-order valence-electron chi connectivity index (χ0n) is 6.69. The third-order valence-electron chi connectivity index (χ3n) is 1.88. The number of hydrogen-bond donors (Lipinski definition) is 1. The molecule has 1 aliphatic rings. The molecule has 0 aromatic carbocycles. The Kier molecular flexibility index (Phi) is 2.14. The van der Waals surface area contributed by atoms with Gasteiger partial charge in [-0.3, -0.25) is 0 Å². The number of nitrogens with two attached hydrogens (primary N) is 1. The number of ether oxygens (including phenoxy) is 1. The highest BCUT2D eigenvalue weighted by atomic mass is 32.1. The van der Waals surface area contributed by atoms with Crippen LogP contribution in [-0.2, 0) is 4.74 Å². The van der Waals surface area contributed by atoms with Gasteiger partial charge in [0.2, 0.25) is 0 Å². The van der Waals surface area contributed by atoms with Crippen LogP contribution >= 0.6 is 11.5 Å². The van der Waals surface area contributed by atoms with Crippen LogP contribution in [0.3, 0.4) is 0 Å². The lowest BCUT2D eigenvalue weighted by Crippen LogP contribution is -2.36. The first-order valence-corrected chi connectivity index (χ1v) is 4.68. The Labute approximate surface area is 75.1 Å². The van der Waals surface area contributed by atoms with Gasteiger partial charge in [0.15, 0.2) is 0 Å². The highest BCUT2D eigenvalue weighted by Crippen LogP contribution is 2.27. The molecule has 1 aromatic rings. The average molecular weight is 185 g/mol. The number of hydrogen-bond acceptors (Lipinski definition) is 5. The van der Waals surface area contributed by atoms with Crippen molar-refractivity contribution in [1.29, 1.82) is 0 Å². The van der Waals surface area contributed by atoms with Gasteiger partial charge in [-0.25, -0.2) is 0 Å².